The molecule has 1 amide bonds. The molecule has 206 valence electrons. The minimum Gasteiger partial charge on any atom is -0.492 e. The van der Waals surface area contributed by atoms with Gasteiger partial charge in [0.1, 0.15) is 29.4 Å². The van der Waals surface area contributed by atoms with Crippen LogP contribution in [0.25, 0.3) is 22.3 Å². The molecule has 0 aliphatic carbocycles. The second-order valence-electron chi connectivity index (χ2n) is 9.18. The Hall–Kier alpha value is -4.03. The molecule has 2 aromatic heterocycles. The lowest BCUT2D eigenvalue weighted by molar-refractivity contribution is 0.101. The molecule has 39 heavy (non-hydrogen) atoms. The molecular weight excluding hydrogens is 528 g/mol. The molecule has 0 fully saturated rings. The SMILES string of the molecule is CCCS(=O)(=O)Nc1ccc(F)c(C(=O)Nc2cnc3[nH]c(-c4ccc(OCCN(C)C)cc4)cc3c2)c1F. The van der Waals surface area contributed by atoms with Gasteiger partial charge in [0.15, 0.2) is 5.82 Å². The van der Waals surface area contributed by atoms with Crippen LogP contribution < -0.4 is 14.8 Å². The zero-order valence-electron chi connectivity index (χ0n) is 21.7. The van der Waals surface area contributed by atoms with E-state index in [1.165, 1.54) is 6.20 Å². The number of pyridine rings is 1. The molecule has 0 bridgehead atoms. The number of nitrogens with one attached hydrogen (secondary N) is 3. The number of sulfonamides is 1. The lowest BCUT2D eigenvalue weighted by atomic mass is 10.1. The summed E-state index contributed by atoms with van der Waals surface area (Å²) in [6, 6.07) is 12.8. The topological polar surface area (TPSA) is 116 Å². The molecule has 0 unspecified atom stereocenters. The number of likely N-dealkylation sites (N-methyl/N-ethyl adjacent to an activating group) is 1. The van der Waals surface area contributed by atoms with Crippen LogP contribution in [0.2, 0.25) is 0 Å². The van der Waals surface area contributed by atoms with Crippen molar-refractivity contribution in [2.45, 2.75) is 13.3 Å². The van der Waals surface area contributed by atoms with Gasteiger partial charge < -0.3 is 19.9 Å². The van der Waals surface area contributed by atoms with E-state index in [4.69, 9.17) is 4.74 Å². The van der Waals surface area contributed by atoms with Crippen LogP contribution >= 0.6 is 0 Å². The fourth-order valence-electron chi connectivity index (χ4n) is 3.84. The summed E-state index contributed by atoms with van der Waals surface area (Å²) in [6.07, 6.45) is 1.66. The normalized spacial score (nSPS) is 11.6. The number of benzene rings is 2. The van der Waals surface area contributed by atoms with E-state index in [1.54, 1.807) is 13.0 Å². The minimum atomic E-state index is -3.84. The van der Waals surface area contributed by atoms with Gasteiger partial charge in [-0.05, 0) is 74.6 Å². The molecule has 4 rings (SSSR count). The number of hydrogen-bond acceptors (Lipinski definition) is 6. The molecule has 4 aromatic rings. The average molecular weight is 558 g/mol. The molecule has 2 heterocycles. The summed E-state index contributed by atoms with van der Waals surface area (Å²) in [7, 11) is 0.107. The first-order chi connectivity index (χ1) is 18.6. The number of anilines is 2. The first-order valence-electron chi connectivity index (χ1n) is 12.2. The fraction of sp³-hybridized carbons (Fsp3) is 0.259. The second-order valence-corrected chi connectivity index (χ2v) is 11.0. The summed E-state index contributed by atoms with van der Waals surface area (Å²) in [6.45, 7) is 3.02. The van der Waals surface area contributed by atoms with E-state index in [0.717, 1.165) is 35.7 Å². The fourth-order valence-corrected chi connectivity index (χ4v) is 4.97. The molecule has 9 nitrogen and oxygen atoms in total. The highest BCUT2D eigenvalue weighted by Gasteiger charge is 2.23. The zero-order valence-corrected chi connectivity index (χ0v) is 22.5. The molecule has 2 aromatic carbocycles. The Morgan fingerprint density at radius 1 is 1.10 bits per heavy atom. The second kappa shape index (κ2) is 11.8. The Labute approximate surface area is 225 Å². The van der Waals surface area contributed by atoms with Crippen LogP contribution in [0.1, 0.15) is 23.7 Å². The van der Waals surface area contributed by atoms with E-state index < -0.39 is 38.8 Å². The number of halogens is 2. The van der Waals surface area contributed by atoms with Gasteiger partial charge in [0.25, 0.3) is 5.91 Å². The van der Waals surface area contributed by atoms with Gasteiger partial charge in [-0.2, -0.15) is 0 Å². The third-order valence-corrected chi connectivity index (χ3v) is 7.23. The maximum atomic E-state index is 15.0. The number of nitrogens with zero attached hydrogens (tertiary/aromatic N) is 2. The van der Waals surface area contributed by atoms with Crippen molar-refractivity contribution in [3.05, 3.63) is 71.9 Å². The van der Waals surface area contributed by atoms with E-state index >= 15 is 0 Å². The summed E-state index contributed by atoms with van der Waals surface area (Å²) in [5.41, 5.74) is 1.02. The Bertz CT molecular complexity index is 1590. The summed E-state index contributed by atoms with van der Waals surface area (Å²) >= 11 is 0. The molecule has 0 atom stereocenters. The van der Waals surface area contributed by atoms with Gasteiger partial charge in [-0.3, -0.25) is 9.52 Å². The van der Waals surface area contributed by atoms with Crippen molar-refractivity contribution in [3.8, 4) is 17.0 Å². The quantitative estimate of drug-likeness (QED) is 0.243. The van der Waals surface area contributed by atoms with Gasteiger partial charge in [-0.1, -0.05) is 6.92 Å². The van der Waals surface area contributed by atoms with Gasteiger partial charge in [0.05, 0.1) is 23.3 Å². The largest absolute Gasteiger partial charge is 0.492 e. The predicted octanol–water partition coefficient (Wildman–Crippen LogP) is 4.85. The van der Waals surface area contributed by atoms with Crippen molar-refractivity contribution < 1.29 is 26.7 Å². The van der Waals surface area contributed by atoms with E-state index in [0.29, 0.717) is 24.1 Å². The number of H-pyrrole nitrogens is 1. The smallest absolute Gasteiger partial charge is 0.261 e. The standard InChI is InChI=1S/C27H29F2N5O4S/c1-4-13-39(36,37)33-22-10-9-21(28)24(25(22)29)27(35)31-19-14-18-15-23(32-26(18)30-16-19)17-5-7-20(8-6-17)38-12-11-34(2)3/h5-10,14-16,33H,4,11-13H2,1-3H3,(H,30,32)(H,31,35). The van der Waals surface area contributed by atoms with Crippen LogP contribution in [-0.2, 0) is 10.0 Å². The van der Waals surface area contributed by atoms with Gasteiger partial charge in [-0.15, -0.1) is 0 Å². The summed E-state index contributed by atoms with van der Waals surface area (Å²) < 4.78 is 61.2. The predicted molar refractivity (Wildman–Crippen MR) is 148 cm³/mol. The van der Waals surface area contributed by atoms with Gasteiger partial charge >= 0.3 is 0 Å². The van der Waals surface area contributed by atoms with Crippen LogP contribution in [0.15, 0.2) is 54.7 Å². The molecular formula is C27H29F2N5O4S. The Morgan fingerprint density at radius 2 is 1.85 bits per heavy atom. The first kappa shape index (κ1) is 28.0. The third kappa shape index (κ3) is 6.89. The number of hydrogen-bond donors (Lipinski definition) is 3. The molecule has 0 radical (unpaired) electrons. The van der Waals surface area contributed by atoms with Crippen LogP contribution in [-0.4, -0.2) is 62.2 Å². The van der Waals surface area contributed by atoms with Crippen molar-refractivity contribution in [3.63, 3.8) is 0 Å². The van der Waals surface area contributed by atoms with E-state index in [9.17, 15) is 22.0 Å². The monoisotopic (exact) mass is 557 g/mol. The number of aromatic nitrogens is 2. The highest BCUT2D eigenvalue weighted by atomic mass is 32.2. The van der Waals surface area contributed by atoms with Crippen molar-refractivity contribution >= 4 is 38.3 Å². The Kier molecular flexibility index (Phi) is 8.46. The summed E-state index contributed by atoms with van der Waals surface area (Å²) in [5.74, 6) is -3.01. The summed E-state index contributed by atoms with van der Waals surface area (Å²) in [5, 5.41) is 3.10. The zero-order chi connectivity index (χ0) is 28.2. The number of aromatic amines is 1. The number of carbonyl (C=O) groups excluding carboxylic acids is 1. The minimum absolute atomic E-state index is 0.207. The van der Waals surface area contributed by atoms with E-state index in [2.05, 4.69) is 20.0 Å². The van der Waals surface area contributed by atoms with Crippen LogP contribution in [0.5, 0.6) is 5.75 Å². The number of ether oxygens (including phenoxy) is 1. The molecule has 0 aliphatic rings. The molecule has 0 saturated heterocycles. The number of rotatable bonds is 11. The third-order valence-electron chi connectivity index (χ3n) is 5.76. The van der Waals surface area contributed by atoms with Crippen molar-refractivity contribution in [1.29, 1.82) is 0 Å². The lowest BCUT2D eigenvalue weighted by Gasteiger charge is -2.12. The van der Waals surface area contributed by atoms with Crippen molar-refractivity contribution in [2.75, 3.05) is 43.0 Å². The van der Waals surface area contributed by atoms with Crippen LogP contribution in [0, 0.1) is 11.6 Å². The van der Waals surface area contributed by atoms with Crippen LogP contribution in [0.3, 0.4) is 0 Å². The Morgan fingerprint density at radius 3 is 2.54 bits per heavy atom. The number of fused-ring (bicyclic) bond motifs is 1. The van der Waals surface area contributed by atoms with E-state index in [-0.39, 0.29) is 11.4 Å². The molecule has 0 saturated carbocycles. The number of carbonyl (C=O) groups is 1. The molecule has 0 spiro atoms. The molecule has 3 N–H and O–H groups in total. The van der Waals surface area contributed by atoms with Gasteiger partial charge in [0, 0.05) is 17.6 Å². The van der Waals surface area contributed by atoms with Gasteiger partial charge in [0.2, 0.25) is 10.0 Å². The number of amides is 1. The van der Waals surface area contributed by atoms with E-state index in [1.807, 2.05) is 49.3 Å². The van der Waals surface area contributed by atoms with Crippen LogP contribution in [0.4, 0.5) is 20.2 Å². The maximum Gasteiger partial charge on any atom is 0.261 e. The van der Waals surface area contributed by atoms with Gasteiger partial charge in [-0.25, -0.2) is 22.2 Å². The first-order valence-corrected chi connectivity index (χ1v) is 13.9. The highest BCUT2D eigenvalue weighted by Crippen LogP contribution is 2.28. The average Bonchev–Trinajstić information content (AvgIpc) is 3.29. The molecule has 0 aliphatic heterocycles. The summed E-state index contributed by atoms with van der Waals surface area (Å²) in [4.78, 5) is 22.3. The molecule has 12 heteroatoms. The van der Waals surface area contributed by atoms with Crippen molar-refractivity contribution in [2.24, 2.45) is 0 Å². The maximum absolute atomic E-state index is 15.0. The highest BCUT2D eigenvalue weighted by molar-refractivity contribution is 7.92. The Balaban J connectivity index is 1.51. The van der Waals surface area contributed by atoms with Crippen molar-refractivity contribution in [1.82, 2.24) is 14.9 Å². The lowest BCUT2D eigenvalue weighted by Crippen LogP contribution is -2.20.